The number of likely N-dealkylation sites (N-methyl/N-ethyl adjacent to an activating group) is 1. The quantitative estimate of drug-likeness (QED) is 0.689. The lowest BCUT2D eigenvalue weighted by molar-refractivity contribution is 0.237. The summed E-state index contributed by atoms with van der Waals surface area (Å²) in [5, 5.41) is 8.03. The van der Waals surface area contributed by atoms with Crippen molar-refractivity contribution in [2.75, 3.05) is 27.2 Å². The molecule has 0 N–H and O–H groups in total. The van der Waals surface area contributed by atoms with E-state index in [-0.39, 0.29) is 23.3 Å². The predicted octanol–water partition coefficient (Wildman–Crippen LogP) is -1.34. The molecular weight excluding hydrogens is 310 g/mol. The van der Waals surface area contributed by atoms with Gasteiger partial charge in [0.15, 0.2) is 0 Å². The van der Waals surface area contributed by atoms with Crippen molar-refractivity contribution in [3.8, 4) is 0 Å². The standard InChI is InChI=1S/C15H23N7O2/c1-18(2)12-9-21(10-13(12)22-6-5-16-17-22)8-11-7-19(3)15(24)20(4)14(11)23/h5-7,12-13H,8-10H2,1-4H3/t12-,13+/m1/s1. The summed E-state index contributed by atoms with van der Waals surface area (Å²) in [4.78, 5) is 28.5. The number of hydrogen-bond donors (Lipinski definition) is 0. The van der Waals surface area contributed by atoms with E-state index in [9.17, 15) is 9.59 Å². The van der Waals surface area contributed by atoms with Gasteiger partial charge in [0, 0.05) is 57.7 Å². The van der Waals surface area contributed by atoms with Crippen LogP contribution in [0.15, 0.2) is 28.2 Å². The van der Waals surface area contributed by atoms with E-state index in [0.717, 1.165) is 17.7 Å². The highest BCUT2D eigenvalue weighted by atomic mass is 16.2. The largest absolute Gasteiger partial charge is 0.330 e. The number of aryl methyl sites for hydroxylation is 1. The molecule has 1 fully saturated rings. The van der Waals surface area contributed by atoms with Crippen LogP contribution in [0.4, 0.5) is 0 Å². The van der Waals surface area contributed by atoms with Crippen LogP contribution in [0.3, 0.4) is 0 Å². The molecule has 0 bridgehead atoms. The molecule has 0 aromatic carbocycles. The molecule has 24 heavy (non-hydrogen) atoms. The molecule has 0 radical (unpaired) electrons. The maximum atomic E-state index is 12.3. The molecule has 9 heteroatoms. The number of hydrogen-bond acceptors (Lipinski definition) is 6. The van der Waals surface area contributed by atoms with E-state index < -0.39 is 0 Å². The van der Waals surface area contributed by atoms with Gasteiger partial charge in [-0.25, -0.2) is 9.48 Å². The van der Waals surface area contributed by atoms with E-state index in [1.807, 2.05) is 25.0 Å². The summed E-state index contributed by atoms with van der Waals surface area (Å²) in [6, 6.07) is 0.460. The highest BCUT2D eigenvalue weighted by molar-refractivity contribution is 5.07. The monoisotopic (exact) mass is 333 g/mol. The van der Waals surface area contributed by atoms with Crippen LogP contribution in [-0.4, -0.2) is 67.2 Å². The van der Waals surface area contributed by atoms with Gasteiger partial charge in [-0.05, 0) is 14.1 Å². The molecule has 130 valence electrons. The second kappa shape index (κ2) is 6.33. The number of likely N-dealkylation sites (tertiary alicyclic amines) is 1. The van der Waals surface area contributed by atoms with E-state index in [1.54, 1.807) is 19.4 Å². The molecule has 0 aliphatic carbocycles. The van der Waals surface area contributed by atoms with Crippen molar-refractivity contribution >= 4 is 0 Å². The minimum absolute atomic E-state index is 0.180. The van der Waals surface area contributed by atoms with Gasteiger partial charge < -0.3 is 9.47 Å². The summed E-state index contributed by atoms with van der Waals surface area (Å²) in [7, 11) is 7.27. The van der Waals surface area contributed by atoms with Gasteiger partial charge in [0.05, 0.1) is 12.2 Å². The van der Waals surface area contributed by atoms with E-state index in [1.165, 1.54) is 11.6 Å². The predicted molar refractivity (Wildman–Crippen MR) is 88.7 cm³/mol. The average Bonchev–Trinajstić information content (AvgIpc) is 3.19. The first-order valence-corrected chi connectivity index (χ1v) is 7.88. The summed E-state index contributed by atoms with van der Waals surface area (Å²) < 4.78 is 4.48. The van der Waals surface area contributed by atoms with Crippen molar-refractivity contribution < 1.29 is 0 Å². The summed E-state index contributed by atoms with van der Waals surface area (Å²) in [6.07, 6.45) is 5.19. The molecule has 0 unspecified atom stereocenters. The van der Waals surface area contributed by atoms with E-state index >= 15 is 0 Å². The van der Waals surface area contributed by atoms with Gasteiger partial charge in [-0.3, -0.25) is 14.3 Å². The molecule has 3 rings (SSSR count). The Morgan fingerprint density at radius 2 is 2.00 bits per heavy atom. The highest BCUT2D eigenvalue weighted by Gasteiger charge is 2.36. The van der Waals surface area contributed by atoms with Gasteiger partial charge >= 0.3 is 5.69 Å². The Bertz CT molecular complexity index is 821. The van der Waals surface area contributed by atoms with Gasteiger partial charge in [0.1, 0.15) is 0 Å². The van der Waals surface area contributed by atoms with Crippen molar-refractivity contribution in [2.45, 2.75) is 18.6 Å². The molecule has 0 saturated carbocycles. The summed E-state index contributed by atoms with van der Waals surface area (Å²) in [5.74, 6) is 0. The van der Waals surface area contributed by atoms with Crippen LogP contribution in [-0.2, 0) is 20.6 Å². The lowest BCUT2D eigenvalue weighted by atomic mass is 10.1. The number of rotatable bonds is 4. The van der Waals surface area contributed by atoms with Crippen LogP contribution in [0.2, 0.25) is 0 Å². The van der Waals surface area contributed by atoms with Gasteiger partial charge in [-0.1, -0.05) is 5.21 Å². The maximum Gasteiger partial charge on any atom is 0.330 e. The minimum atomic E-state index is -0.308. The van der Waals surface area contributed by atoms with Crippen LogP contribution in [0, 0.1) is 0 Å². The molecule has 0 spiro atoms. The Kier molecular flexibility index (Phi) is 4.37. The van der Waals surface area contributed by atoms with E-state index in [2.05, 4.69) is 20.1 Å². The summed E-state index contributed by atoms with van der Waals surface area (Å²) in [5.41, 5.74) is 0.0805. The lowest BCUT2D eigenvalue weighted by Gasteiger charge is -2.24. The van der Waals surface area contributed by atoms with Crippen LogP contribution in [0.25, 0.3) is 0 Å². The fourth-order valence-electron chi connectivity index (χ4n) is 3.37. The van der Waals surface area contributed by atoms with Crippen molar-refractivity contribution in [1.82, 2.24) is 33.9 Å². The maximum absolute atomic E-state index is 12.3. The molecule has 9 nitrogen and oxygen atoms in total. The lowest BCUT2D eigenvalue weighted by Crippen LogP contribution is -2.40. The molecular formula is C15H23N7O2. The summed E-state index contributed by atoms with van der Waals surface area (Å²) >= 11 is 0. The summed E-state index contributed by atoms with van der Waals surface area (Å²) in [6.45, 7) is 2.11. The molecule has 2 aromatic rings. The molecule has 1 saturated heterocycles. The van der Waals surface area contributed by atoms with Crippen molar-refractivity contribution in [1.29, 1.82) is 0 Å². The van der Waals surface area contributed by atoms with Crippen molar-refractivity contribution in [2.24, 2.45) is 14.1 Å². The van der Waals surface area contributed by atoms with Gasteiger partial charge in [0.2, 0.25) is 0 Å². The topological polar surface area (TPSA) is 81.2 Å². The Labute approximate surface area is 139 Å². The van der Waals surface area contributed by atoms with Gasteiger partial charge in [0.25, 0.3) is 5.56 Å². The van der Waals surface area contributed by atoms with Crippen LogP contribution >= 0.6 is 0 Å². The van der Waals surface area contributed by atoms with Crippen LogP contribution < -0.4 is 11.2 Å². The van der Waals surface area contributed by atoms with Crippen LogP contribution in [0.5, 0.6) is 0 Å². The normalized spacial score (nSPS) is 21.7. The minimum Gasteiger partial charge on any atom is -0.303 e. The highest BCUT2D eigenvalue weighted by Crippen LogP contribution is 2.25. The first-order chi connectivity index (χ1) is 11.4. The Morgan fingerprint density at radius 1 is 1.25 bits per heavy atom. The fourth-order valence-corrected chi connectivity index (χ4v) is 3.37. The van der Waals surface area contributed by atoms with Crippen molar-refractivity contribution in [3.63, 3.8) is 0 Å². The first kappa shape index (κ1) is 16.6. The first-order valence-electron chi connectivity index (χ1n) is 7.88. The van der Waals surface area contributed by atoms with Gasteiger partial charge in [-0.2, -0.15) is 0 Å². The van der Waals surface area contributed by atoms with Gasteiger partial charge in [-0.15, -0.1) is 5.10 Å². The zero-order valence-electron chi connectivity index (χ0n) is 14.5. The molecule has 1 aliphatic heterocycles. The fraction of sp³-hybridized carbons (Fsp3) is 0.600. The third-order valence-corrected chi connectivity index (χ3v) is 4.69. The molecule has 2 aromatic heterocycles. The zero-order valence-corrected chi connectivity index (χ0v) is 14.5. The third-order valence-electron chi connectivity index (χ3n) is 4.69. The Morgan fingerprint density at radius 3 is 2.62 bits per heavy atom. The number of aromatic nitrogens is 5. The van der Waals surface area contributed by atoms with E-state index in [4.69, 9.17) is 0 Å². The molecule has 0 amide bonds. The average molecular weight is 333 g/mol. The van der Waals surface area contributed by atoms with Crippen molar-refractivity contribution in [3.05, 3.63) is 45.0 Å². The molecule has 2 atom stereocenters. The third kappa shape index (κ3) is 2.92. The Balaban J connectivity index is 1.85. The zero-order chi connectivity index (χ0) is 17.4. The SMILES string of the molecule is CN(C)[C@@H]1CN(Cc2cn(C)c(=O)n(C)c2=O)C[C@@H]1n1ccnn1. The Hall–Kier alpha value is -2.26. The smallest absolute Gasteiger partial charge is 0.303 e. The number of nitrogens with zero attached hydrogens (tertiary/aromatic N) is 7. The van der Waals surface area contributed by atoms with E-state index in [0.29, 0.717) is 12.1 Å². The van der Waals surface area contributed by atoms with Crippen LogP contribution in [0.1, 0.15) is 11.6 Å². The second-order valence-corrected chi connectivity index (χ2v) is 6.59. The molecule has 3 heterocycles. The second-order valence-electron chi connectivity index (χ2n) is 6.59. The molecule has 1 aliphatic rings.